The highest BCUT2D eigenvalue weighted by atomic mass is 32.1. The fourth-order valence-corrected chi connectivity index (χ4v) is 3.35. The monoisotopic (exact) mass is 266 g/mol. The molecule has 2 heterocycles. The van der Waals surface area contributed by atoms with Crippen molar-refractivity contribution in [3.8, 4) is 0 Å². The van der Waals surface area contributed by atoms with E-state index in [0.29, 0.717) is 11.9 Å². The first-order valence-corrected chi connectivity index (χ1v) is 7.53. The summed E-state index contributed by atoms with van der Waals surface area (Å²) in [6.45, 7) is 6.56. The molecule has 0 bridgehead atoms. The second-order valence-electron chi connectivity index (χ2n) is 4.59. The molecule has 1 aromatic rings. The van der Waals surface area contributed by atoms with E-state index in [4.69, 9.17) is 10.6 Å². The minimum Gasteiger partial charge on any atom is -0.387 e. The van der Waals surface area contributed by atoms with Gasteiger partial charge in [-0.15, -0.1) is 16.4 Å². The molecule has 0 aliphatic carbocycles. The SMILES string of the molecule is CCc1ccc(C2C=C(N)ON2C(CC)CC)s1. The van der Waals surface area contributed by atoms with Crippen molar-refractivity contribution in [2.45, 2.75) is 52.1 Å². The summed E-state index contributed by atoms with van der Waals surface area (Å²) in [5.74, 6) is 0.526. The predicted molar refractivity (Wildman–Crippen MR) is 76.0 cm³/mol. The Hall–Kier alpha value is -1.00. The zero-order chi connectivity index (χ0) is 13.1. The van der Waals surface area contributed by atoms with E-state index in [2.05, 4.69) is 38.0 Å². The molecule has 4 heteroatoms. The number of hydrogen-bond acceptors (Lipinski definition) is 4. The zero-order valence-corrected chi connectivity index (χ0v) is 12.2. The summed E-state index contributed by atoms with van der Waals surface area (Å²) in [5.41, 5.74) is 5.84. The molecule has 0 fully saturated rings. The van der Waals surface area contributed by atoms with Gasteiger partial charge in [-0.25, -0.2) is 0 Å². The van der Waals surface area contributed by atoms with E-state index in [1.165, 1.54) is 9.75 Å². The summed E-state index contributed by atoms with van der Waals surface area (Å²) >= 11 is 1.85. The van der Waals surface area contributed by atoms with E-state index in [9.17, 15) is 0 Å². The summed E-state index contributed by atoms with van der Waals surface area (Å²) < 4.78 is 0. The number of nitrogens with zero attached hydrogens (tertiary/aromatic N) is 1. The fraction of sp³-hybridized carbons (Fsp3) is 0.571. The van der Waals surface area contributed by atoms with E-state index < -0.39 is 0 Å². The van der Waals surface area contributed by atoms with E-state index >= 15 is 0 Å². The first-order chi connectivity index (χ1) is 8.69. The van der Waals surface area contributed by atoms with Crippen molar-refractivity contribution >= 4 is 11.3 Å². The molecule has 1 aliphatic rings. The molecule has 0 radical (unpaired) electrons. The van der Waals surface area contributed by atoms with Crippen LogP contribution < -0.4 is 5.73 Å². The number of rotatable bonds is 5. The number of nitrogens with two attached hydrogens (primary N) is 1. The van der Waals surface area contributed by atoms with Gasteiger partial charge in [0.25, 0.3) is 0 Å². The second-order valence-corrected chi connectivity index (χ2v) is 5.79. The van der Waals surface area contributed by atoms with Crippen LogP contribution in [0.3, 0.4) is 0 Å². The highest BCUT2D eigenvalue weighted by Gasteiger charge is 2.32. The maximum absolute atomic E-state index is 5.84. The Balaban J connectivity index is 2.22. The molecule has 1 aromatic heterocycles. The van der Waals surface area contributed by atoms with Crippen molar-refractivity contribution < 1.29 is 4.84 Å². The summed E-state index contributed by atoms with van der Waals surface area (Å²) in [6, 6.07) is 5.00. The van der Waals surface area contributed by atoms with Crippen LogP contribution in [0.15, 0.2) is 24.1 Å². The molecule has 0 saturated heterocycles. The smallest absolute Gasteiger partial charge is 0.207 e. The van der Waals surface area contributed by atoms with E-state index in [1.807, 2.05) is 17.4 Å². The van der Waals surface area contributed by atoms with Gasteiger partial charge in [-0.1, -0.05) is 20.8 Å². The number of hydrogen-bond donors (Lipinski definition) is 1. The number of thiophene rings is 1. The van der Waals surface area contributed by atoms with Gasteiger partial charge < -0.3 is 10.6 Å². The van der Waals surface area contributed by atoms with Crippen LogP contribution in [0, 0.1) is 0 Å². The molecule has 1 unspecified atom stereocenters. The number of hydroxylamine groups is 2. The van der Waals surface area contributed by atoms with Gasteiger partial charge in [-0.2, -0.15) is 0 Å². The Morgan fingerprint density at radius 2 is 2.06 bits per heavy atom. The molecule has 1 atom stereocenters. The van der Waals surface area contributed by atoms with Gasteiger partial charge in [0, 0.05) is 21.9 Å². The molecule has 0 aromatic carbocycles. The van der Waals surface area contributed by atoms with Crippen molar-refractivity contribution in [1.29, 1.82) is 0 Å². The Morgan fingerprint density at radius 3 is 2.61 bits per heavy atom. The third kappa shape index (κ3) is 2.54. The van der Waals surface area contributed by atoms with Crippen molar-refractivity contribution in [3.63, 3.8) is 0 Å². The quantitative estimate of drug-likeness (QED) is 0.885. The summed E-state index contributed by atoms with van der Waals surface area (Å²) in [5, 5.41) is 2.06. The van der Waals surface area contributed by atoms with E-state index in [0.717, 1.165) is 19.3 Å². The largest absolute Gasteiger partial charge is 0.387 e. The average molecular weight is 266 g/mol. The molecule has 0 saturated carbocycles. The summed E-state index contributed by atoms with van der Waals surface area (Å²) in [6.07, 6.45) is 5.24. The molecule has 2 rings (SSSR count). The van der Waals surface area contributed by atoms with Crippen molar-refractivity contribution in [2.75, 3.05) is 0 Å². The summed E-state index contributed by atoms with van der Waals surface area (Å²) in [4.78, 5) is 8.42. The molecule has 2 N–H and O–H groups in total. The van der Waals surface area contributed by atoms with Gasteiger partial charge in [0.15, 0.2) is 0 Å². The van der Waals surface area contributed by atoms with Crippen LogP contribution in [0.4, 0.5) is 0 Å². The minimum atomic E-state index is 0.181. The van der Waals surface area contributed by atoms with Gasteiger partial charge >= 0.3 is 0 Å². The van der Waals surface area contributed by atoms with Crippen LogP contribution in [0.2, 0.25) is 0 Å². The molecule has 100 valence electrons. The van der Waals surface area contributed by atoms with Crippen LogP contribution in [0.25, 0.3) is 0 Å². The van der Waals surface area contributed by atoms with Crippen LogP contribution in [0.1, 0.15) is 49.4 Å². The minimum absolute atomic E-state index is 0.181. The average Bonchev–Trinajstić information content (AvgIpc) is 2.97. The molecular weight excluding hydrogens is 244 g/mol. The van der Waals surface area contributed by atoms with Gasteiger partial charge in [-0.05, 0) is 31.4 Å². The lowest BCUT2D eigenvalue weighted by Gasteiger charge is -2.29. The van der Waals surface area contributed by atoms with Gasteiger partial charge in [0.1, 0.15) is 6.04 Å². The maximum atomic E-state index is 5.84. The lowest BCUT2D eigenvalue weighted by molar-refractivity contribution is -0.153. The van der Waals surface area contributed by atoms with Gasteiger partial charge in [0.05, 0.1) is 0 Å². The van der Waals surface area contributed by atoms with Crippen molar-refractivity contribution in [1.82, 2.24) is 5.06 Å². The maximum Gasteiger partial charge on any atom is 0.207 e. The third-order valence-electron chi connectivity index (χ3n) is 3.43. The standard InChI is InChI=1S/C14H22N2OS/c1-4-10(5-2)16-12(9-14(15)17-16)13-8-7-11(6-3)18-13/h7-10,12H,4-6,15H2,1-3H3. The fourth-order valence-electron chi connectivity index (χ4n) is 2.34. The molecular formula is C14H22N2OS. The van der Waals surface area contributed by atoms with Crippen LogP contribution in [0.5, 0.6) is 0 Å². The third-order valence-corrected chi connectivity index (χ3v) is 4.73. The van der Waals surface area contributed by atoms with Gasteiger partial charge in [-0.3, -0.25) is 0 Å². The molecule has 0 amide bonds. The Kier molecular flexibility index (Phi) is 4.30. The summed E-state index contributed by atoms with van der Waals surface area (Å²) in [7, 11) is 0. The Labute approximate surface area is 113 Å². The first-order valence-electron chi connectivity index (χ1n) is 6.71. The van der Waals surface area contributed by atoms with Crippen molar-refractivity contribution in [2.24, 2.45) is 5.73 Å². The van der Waals surface area contributed by atoms with E-state index in [-0.39, 0.29) is 6.04 Å². The normalized spacial score (nSPS) is 20.2. The highest BCUT2D eigenvalue weighted by Crippen LogP contribution is 2.36. The second kappa shape index (κ2) is 5.76. The van der Waals surface area contributed by atoms with Crippen LogP contribution in [-0.4, -0.2) is 11.1 Å². The molecule has 0 spiro atoms. The molecule has 3 nitrogen and oxygen atoms in total. The first kappa shape index (κ1) is 13.4. The number of aryl methyl sites for hydroxylation is 1. The Bertz CT molecular complexity index is 423. The molecule has 1 aliphatic heterocycles. The predicted octanol–water partition coefficient (Wildman–Crippen LogP) is 3.59. The zero-order valence-electron chi connectivity index (χ0n) is 11.3. The lowest BCUT2D eigenvalue weighted by atomic mass is 10.1. The highest BCUT2D eigenvalue weighted by molar-refractivity contribution is 7.12. The molecule has 18 heavy (non-hydrogen) atoms. The lowest BCUT2D eigenvalue weighted by Crippen LogP contribution is -2.33. The van der Waals surface area contributed by atoms with E-state index in [1.54, 1.807) is 0 Å². The van der Waals surface area contributed by atoms with Gasteiger partial charge in [0.2, 0.25) is 5.88 Å². The van der Waals surface area contributed by atoms with Crippen molar-refractivity contribution in [3.05, 3.63) is 33.8 Å². The topological polar surface area (TPSA) is 38.5 Å². The van der Waals surface area contributed by atoms with Crippen LogP contribution >= 0.6 is 11.3 Å². The Morgan fingerprint density at radius 1 is 1.33 bits per heavy atom. The van der Waals surface area contributed by atoms with Crippen LogP contribution in [-0.2, 0) is 11.3 Å².